The fourth-order valence-corrected chi connectivity index (χ4v) is 5.58. The summed E-state index contributed by atoms with van der Waals surface area (Å²) in [5, 5.41) is 14.0. The van der Waals surface area contributed by atoms with Gasteiger partial charge in [0.2, 0.25) is 0 Å². The van der Waals surface area contributed by atoms with Gasteiger partial charge in [-0.2, -0.15) is 31.4 Å². The maximum absolute atomic E-state index is 13.5. The normalized spacial score (nSPS) is 22.4. The third-order valence-corrected chi connectivity index (χ3v) is 8.02. The molecule has 14 heteroatoms. The van der Waals surface area contributed by atoms with Crippen molar-refractivity contribution in [2.75, 3.05) is 20.3 Å². The summed E-state index contributed by atoms with van der Waals surface area (Å²) in [4.78, 5) is 17.4. The van der Waals surface area contributed by atoms with E-state index >= 15 is 0 Å². The predicted octanol–water partition coefficient (Wildman–Crippen LogP) is 6.06. The first-order chi connectivity index (χ1) is 20.2. The lowest BCUT2D eigenvalue weighted by atomic mass is 9.69. The number of alkyl halides is 6. The number of nitrogens with zero attached hydrogens (tertiary/aromatic N) is 3. The van der Waals surface area contributed by atoms with E-state index in [9.17, 15) is 31.1 Å². The first-order valence-corrected chi connectivity index (χ1v) is 13.6. The van der Waals surface area contributed by atoms with E-state index < -0.39 is 40.5 Å². The SMILES string of the molecule is CC/C(=N\OC)[C@]1(Cn2cn[nH]c2=O)CC[C@@](CO[C@H](C)c2cc(C(F)(F)F)cc(C(F)(F)F)c2)(c2ccccc2)NC1. The van der Waals surface area contributed by atoms with Gasteiger partial charge in [0, 0.05) is 18.5 Å². The van der Waals surface area contributed by atoms with Crippen LogP contribution in [0.4, 0.5) is 26.3 Å². The molecule has 2 heterocycles. The van der Waals surface area contributed by atoms with Crippen LogP contribution in [0.3, 0.4) is 0 Å². The Hall–Kier alpha value is -3.65. The Kier molecular flexibility index (Phi) is 9.40. The molecule has 2 aromatic carbocycles. The quantitative estimate of drug-likeness (QED) is 0.165. The number of halogens is 6. The molecule has 4 rings (SSSR count). The van der Waals surface area contributed by atoms with E-state index in [2.05, 4.69) is 20.7 Å². The Bertz CT molecular complexity index is 1430. The van der Waals surface area contributed by atoms with Crippen LogP contribution in [0.1, 0.15) is 61.5 Å². The highest BCUT2D eigenvalue weighted by Gasteiger charge is 2.47. The molecule has 3 aromatic rings. The molecule has 0 radical (unpaired) electrons. The standard InChI is InChI=1S/C29H33F6N5O3/c1-4-24(39-42-3)26(16-40-18-37-38-25(40)41)10-11-27(36-15-26,21-8-6-5-7-9-21)17-43-19(2)20-12-22(28(30,31)32)14-23(13-20)29(33,34)35/h5-9,12-14,18-19,36H,4,10-11,15-17H2,1-3H3,(H,38,41)/b39-24+/t19-,26-,27-/m1/s1. The van der Waals surface area contributed by atoms with Gasteiger partial charge < -0.3 is 14.9 Å². The number of rotatable bonds is 10. The minimum absolute atomic E-state index is 0.0552. The van der Waals surface area contributed by atoms with Gasteiger partial charge >= 0.3 is 18.0 Å². The number of hydrogen-bond acceptors (Lipinski definition) is 6. The van der Waals surface area contributed by atoms with Gasteiger partial charge in [-0.3, -0.25) is 4.57 Å². The third kappa shape index (κ3) is 7.12. The summed E-state index contributed by atoms with van der Waals surface area (Å²) in [6.45, 7) is 3.85. The highest BCUT2D eigenvalue weighted by molar-refractivity contribution is 5.90. The summed E-state index contributed by atoms with van der Waals surface area (Å²) in [7, 11) is 1.44. The van der Waals surface area contributed by atoms with Gasteiger partial charge in [0.15, 0.2) is 0 Å². The number of ether oxygens (including phenoxy) is 1. The molecule has 0 aliphatic carbocycles. The van der Waals surface area contributed by atoms with Crippen molar-refractivity contribution in [1.82, 2.24) is 20.1 Å². The van der Waals surface area contributed by atoms with Crippen molar-refractivity contribution in [2.24, 2.45) is 10.6 Å². The molecule has 0 unspecified atom stereocenters. The second-order valence-electron chi connectivity index (χ2n) is 10.7. The van der Waals surface area contributed by atoms with E-state index in [1.165, 1.54) is 24.9 Å². The summed E-state index contributed by atoms with van der Waals surface area (Å²) >= 11 is 0. The zero-order valence-electron chi connectivity index (χ0n) is 23.9. The van der Waals surface area contributed by atoms with Crippen LogP contribution in [0, 0.1) is 5.41 Å². The summed E-state index contributed by atoms with van der Waals surface area (Å²) in [6, 6.07) is 10.7. The highest BCUT2D eigenvalue weighted by Crippen LogP contribution is 2.43. The Morgan fingerprint density at radius 3 is 2.21 bits per heavy atom. The number of aromatic nitrogens is 3. The molecule has 0 bridgehead atoms. The lowest BCUT2D eigenvalue weighted by Crippen LogP contribution is -2.59. The van der Waals surface area contributed by atoms with Crippen molar-refractivity contribution in [2.45, 2.75) is 63.7 Å². The zero-order valence-corrected chi connectivity index (χ0v) is 23.9. The average molecular weight is 614 g/mol. The highest BCUT2D eigenvalue weighted by atomic mass is 19.4. The monoisotopic (exact) mass is 613 g/mol. The Morgan fingerprint density at radius 2 is 1.72 bits per heavy atom. The molecule has 0 amide bonds. The van der Waals surface area contributed by atoms with Crippen LogP contribution in [0.25, 0.3) is 0 Å². The number of nitrogens with one attached hydrogen (secondary N) is 2. The van der Waals surface area contributed by atoms with E-state index in [4.69, 9.17) is 9.57 Å². The van der Waals surface area contributed by atoms with Crippen LogP contribution < -0.4 is 11.0 Å². The molecule has 1 aliphatic rings. The maximum atomic E-state index is 13.5. The fraction of sp³-hybridized carbons (Fsp3) is 0.483. The Labute approximate surface area is 244 Å². The molecule has 234 valence electrons. The van der Waals surface area contributed by atoms with Gasteiger partial charge in [-0.15, -0.1) is 0 Å². The molecule has 3 atom stereocenters. The number of benzene rings is 2. The zero-order chi connectivity index (χ0) is 31.5. The van der Waals surface area contributed by atoms with Crippen molar-refractivity contribution in [1.29, 1.82) is 0 Å². The topological polar surface area (TPSA) is 93.5 Å². The van der Waals surface area contributed by atoms with Crippen LogP contribution in [-0.2, 0) is 34.0 Å². The number of aromatic amines is 1. The molecule has 1 saturated heterocycles. The second kappa shape index (κ2) is 12.5. The van der Waals surface area contributed by atoms with Crippen LogP contribution >= 0.6 is 0 Å². The first kappa shape index (κ1) is 32.3. The van der Waals surface area contributed by atoms with Gasteiger partial charge in [-0.25, -0.2) is 9.89 Å². The molecule has 0 saturated carbocycles. The van der Waals surface area contributed by atoms with Crippen molar-refractivity contribution in [3.63, 3.8) is 0 Å². The van der Waals surface area contributed by atoms with Crippen LogP contribution in [0.15, 0.2) is 64.8 Å². The molecule has 8 nitrogen and oxygen atoms in total. The minimum atomic E-state index is -4.97. The van der Waals surface area contributed by atoms with Crippen molar-refractivity contribution < 1.29 is 35.9 Å². The molecular formula is C29H33F6N5O3. The summed E-state index contributed by atoms with van der Waals surface area (Å²) in [6.07, 6.45) is -8.15. The van der Waals surface area contributed by atoms with Crippen molar-refractivity contribution in [3.8, 4) is 0 Å². The van der Waals surface area contributed by atoms with E-state index in [0.717, 1.165) is 11.3 Å². The molecule has 1 fully saturated rings. The largest absolute Gasteiger partial charge is 0.416 e. The number of piperidine rings is 1. The summed E-state index contributed by atoms with van der Waals surface area (Å²) in [5.74, 6) is 0. The molecular weight excluding hydrogens is 580 g/mol. The van der Waals surface area contributed by atoms with Crippen LogP contribution in [0.2, 0.25) is 0 Å². The number of hydrogen-bond donors (Lipinski definition) is 2. The Balaban J connectivity index is 1.65. The fourth-order valence-electron chi connectivity index (χ4n) is 5.58. The molecule has 1 aromatic heterocycles. The molecule has 1 aliphatic heterocycles. The minimum Gasteiger partial charge on any atom is -0.399 e. The third-order valence-electron chi connectivity index (χ3n) is 8.02. The van der Waals surface area contributed by atoms with E-state index in [1.807, 2.05) is 37.3 Å². The van der Waals surface area contributed by atoms with E-state index in [0.29, 0.717) is 37.9 Å². The molecule has 2 N–H and O–H groups in total. The van der Waals surface area contributed by atoms with Gasteiger partial charge in [0.25, 0.3) is 0 Å². The lowest BCUT2D eigenvalue weighted by molar-refractivity contribution is -0.143. The van der Waals surface area contributed by atoms with Gasteiger partial charge in [0.05, 0.1) is 35.1 Å². The van der Waals surface area contributed by atoms with Gasteiger partial charge in [0.1, 0.15) is 13.4 Å². The summed E-state index contributed by atoms with van der Waals surface area (Å²) in [5.41, 5.74) is -3.38. The maximum Gasteiger partial charge on any atom is 0.416 e. The van der Waals surface area contributed by atoms with Crippen molar-refractivity contribution >= 4 is 5.71 Å². The Morgan fingerprint density at radius 1 is 1.07 bits per heavy atom. The van der Waals surface area contributed by atoms with Crippen molar-refractivity contribution in [3.05, 3.63) is 87.6 Å². The second-order valence-corrected chi connectivity index (χ2v) is 10.7. The van der Waals surface area contributed by atoms with Gasteiger partial charge in [-0.1, -0.05) is 42.4 Å². The average Bonchev–Trinajstić information content (AvgIpc) is 3.38. The smallest absolute Gasteiger partial charge is 0.399 e. The summed E-state index contributed by atoms with van der Waals surface area (Å²) < 4.78 is 88.4. The number of oxime groups is 1. The van der Waals surface area contributed by atoms with E-state index in [-0.39, 0.29) is 30.5 Å². The predicted molar refractivity (Wildman–Crippen MR) is 146 cm³/mol. The van der Waals surface area contributed by atoms with Crippen LogP contribution in [-0.4, -0.2) is 40.7 Å². The number of H-pyrrole nitrogens is 1. The first-order valence-electron chi connectivity index (χ1n) is 13.6. The van der Waals surface area contributed by atoms with E-state index in [1.54, 1.807) is 0 Å². The molecule has 43 heavy (non-hydrogen) atoms. The van der Waals surface area contributed by atoms with Crippen LogP contribution in [0.5, 0.6) is 0 Å². The van der Waals surface area contributed by atoms with Gasteiger partial charge in [-0.05, 0) is 55.5 Å². The lowest BCUT2D eigenvalue weighted by Gasteiger charge is -2.48. The molecule has 0 spiro atoms.